The summed E-state index contributed by atoms with van der Waals surface area (Å²) in [4.78, 5) is 12.0. The molecule has 4 rings (SSSR count). The predicted octanol–water partition coefficient (Wildman–Crippen LogP) is 2.66. The number of esters is 1. The number of nitrogens with two attached hydrogens (primary N) is 1. The Morgan fingerprint density at radius 1 is 1.13 bits per heavy atom. The maximum Gasteiger partial charge on any atom is 0.341 e. The third-order valence-corrected chi connectivity index (χ3v) is 4.53. The highest BCUT2D eigenvalue weighted by Crippen LogP contribution is 2.36. The zero-order chi connectivity index (χ0) is 21.1. The minimum atomic E-state index is -0.510. The zero-order valence-electron chi connectivity index (χ0n) is 16.6. The summed E-state index contributed by atoms with van der Waals surface area (Å²) in [6.45, 7) is 1.01. The molecule has 2 aromatic carbocycles. The highest BCUT2D eigenvalue weighted by Gasteiger charge is 2.18. The molecule has 0 aliphatic carbocycles. The molecule has 156 valence electrons. The van der Waals surface area contributed by atoms with E-state index in [-0.39, 0.29) is 12.4 Å². The summed E-state index contributed by atoms with van der Waals surface area (Å²) in [6.07, 6.45) is 1.69. The van der Waals surface area contributed by atoms with E-state index in [1.807, 2.05) is 18.2 Å². The average molecular weight is 411 g/mol. The van der Waals surface area contributed by atoms with Crippen LogP contribution in [-0.2, 0) is 9.47 Å². The van der Waals surface area contributed by atoms with E-state index in [2.05, 4.69) is 5.10 Å². The lowest BCUT2D eigenvalue weighted by atomic mass is 10.1. The number of hydrogen-bond acceptors (Lipinski definition) is 8. The molecule has 0 saturated carbocycles. The molecule has 2 heterocycles. The Hall–Kier alpha value is -3.72. The van der Waals surface area contributed by atoms with E-state index in [1.54, 1.807) is 29.1 Å². The number of anilines is 1. The SMILES string of the molecule is COCOc1cc(-n2cc(N)c(-c3ccc4c(c3)OCCO4)n2)ccc1C(=O)OC. The van der Waals surface area contributed by atoms with Crippen molar-refractivity contribution < 1.29 is 28.5 Å². The number of aromatic nitrogens is 2. The molecule has 0 spiro atoms. The molecule has 2 N–H and O–H groups in total. The van der Waals surface area contributed by atoms with Gasteiger partial charge in [-0.05, 0) is 30.3 Å². The molecular formula is C21H21N3O6. The molecule has 0 bridgehead atoms. The first-order chi connectivity index (χ1) is 14.6. The molecule has 9 nitrogen and oxygen atoms in total. The van der Waals surface area contributed by atoms with Gasteiger partial charge >= 0.3 is 5.97 Å². The van der Waals surface area contributed by atoms with Gasteiger partial charge in [0.2, 0.25) is 0 Å². The number of nitrogens with zero attached hydrogens (tertiary/aromatic N) is 2. The number of benzene rings is 2. The number of carbonyl (C=O) groups is 1. The molecule has 30 heavy (non-hydrogen) atoms. The van der Waals surface area contributed by atoms with Crippen molar-refractivity contribution in [1.29, 1.82) is 0 Å². The first-order valence-electron chi connectivity index (χ1n) is 9.20. The van der Waals surface area contributed by atoms with E-state index < -0.39 is 5.97 Å². The van der Waals surface area contributed by atoms with Crippen molar-refractivity contribution in [2.45, 2.75) is 0 Å². The van der Waals surface area contributed by atoms with Gasteiger partial charge in [0.05, 0.1) is 24.7 Å². The van der Waals surface area contributed by atoms with Gasteiger partial charge in [0.1, 0.15) is 30.2 Å². The molecular weight excluding hydrogens is 390 g/mol. The van der Waals surface area contributed by atoms with Gasteiger partial charge in [-0.1, -0.05) is 0 Å². The molecule has 1 aliphatic rings. The van der Waals surface area contributed by atoms with E-state index >= 15 is 0 Å². The lowest BCUT2D eigenvalue weighted by Crippen LogP contribution is -2.15. The molecule has 9 heteroatoms. The third-order valence-electron chi connectivity index (χ3n) is 4.53. The second-order valence-electron chi connectivity index (χ2n) is 6.46. The Bertz CT molecular complexity index is 1080. The first-order valence-corrected chi connectivity index (χ1v) is 9.20. The van der Waals surface area contributed by atoms with Crippen LogP contribution in [-0.4, -0.2) is 50.0 Å². The first kappa shape index (κ1) is 19.6. The Kier molecular flexibility index (Phi) is 5.44. The fourth-order valence-electron chi connectivity index (χ4n) is 3.11. The van der Waals surface area contributed by atoms with Crippen LogP contribution in [0.25, 0.3) is 16.9 Å². The monoisotopic (exact) mass is 411 g/mol. The summed E-state index contributed by atoms with van der Waals surface area (Å²) in [5.74, 6) is 1.16. The van der Waals surface area contributed by atoms with E-state index in [1.165, 1.54) is 14.2 Å². The summed E-state index contributed by atoms with van der Waals surface area (Å²) in [5, 5.41) is 4.61. The normalized spacial score (nSPS) is 12.5. The number of ether oxygens (including phenoxy) is 5. The van der Waals surface area contributed by atoms with Crippen LogP contribution in [0.5, 0.6) is 17.2 Å². The molecule has 0 fully saturated rings. The van der Waals surface area contributed by atoms with Crippen molar-refractivity contribution in [3.63, 3.8) is 0 Å². The molecule has 0 atom stereocenters. The van der Waals surface area contributed by atoms with Crippen molar-refractivity contribution in [2.24, 2.45) is 0 Å². The van der Waals surface area contributed by atoms with Crippen LogP contribution in [0.1, 0.15) is 10.4 Å². The van der Waals surface area contributed by atoms with E-state index in [4.69, 9.17) is 29.4 Å². The van der Waals surface area contributed by atoms with Crippen LogP contribution < -0.4 is 19.9 Å². The smallest absolute Gasteiger partial charge is 0.341 e. The van der Waals surface area contributed by atoms with E-state index in [9.17, 15) is 4.79 Å². The molecule has 1 aromatic heterocycles. The van der Waals surface area contributed by atoms with Gasteiger partial charge in [-0.25, -0.2) is 9.48 Å². The highest BCUT2D eigenvalue weighted by molar-refractivity contribution is 5.92. The minimum Gasteiger partial charge on any atom is -0.486 e. The van der Waals surface area contributed by atoms with Gasteiger partial charge in [-0.2, -0.15) is 5.10 Å². The van der Waals surface area contributed by atoms with Crippen molar-refractivity contribution >= 4 is 11.7 Å². The summed E-state index contributed by atoms with van der Waals surface area (Å²) < 4.78 is 28.1. The highest BCUT2D eigenvalue weighted by atomic mass is 16.7. The molecule has 0 saturated heterocycles. The standard InChI is InChI=1S/C21H21N3O6/c1-26-12-30-18-10-14(4-5-15(18)21(25)27-2)24-11-16(22)20(23-24)13-3-6-17-19(9-13)29-8-7-28-17/h3-6,9-11H,7-8,12,22H2,1-2H3. The maximum atomic E-state index is 12.0. The summed E-state index contributed by atoms with van der Waals surface area (Å²) in [5.41, 5.74) is 9.06. The number of carbonyl (C=O) groups excluding carboxylic acids is 1. The lowest BCUT2D eigenvalue weighted by molar-refractivity contribution is 0.0465. The number of rotatable bonds is 6. The third kappa shape index (κ3) is 3.74. The Morgan fingerprint density at radius 2 is 1.93 bits per heavy atom. The van der Waals surface area contributed by atoms with Gasteiger partial charge in [-0.15, -0.1) is 0 Å². The summed E-state index contributed by atoms with van der Waals surface area (Å²) in [7, 11) is 2.81. The largest absolute Gasteiger partial charge is 0.486 e. The van der Waals surface area contributed by atoms with Crippen LogP contribution in [0.2, 0.25) is 0 Å². The molecule has 3 aromatic rings. The fraction of sp³-hybridized carbons (Fsp3) is 0.238. The van der Waals surface area contributed by atoms with Crippen LogP contribution in [0, 0.1) is 0 Å². The van der Waals surface area contributed by atoms with Gasteiger partial charge < -0.3 is 29.4 Å². The zero-order valence-corrected chi connectivity index (χ0v) is 16.6. The Morgan fingerprint density at radius 3 is 2.70 bits per heavy atom. The molecule has 0 amide bonds. The second kappa shape index (κ2) is 8.34. The van der Waals surface area contributed by atoms with Gasteiger partial charge in [0, 0.05) is 18.7 Å². The fourth-order valence-corrected chi connectivity index (χ4v) is 3.11. The quantitative estimate of drug-likeness (QED) is 0.487. The minimum absolute atomic E-state index is 0.0167. The predicted molar refractivity (Wildman–Crippen MR) is 108 cm³/mol. The van der Waals surface area contributed by atoms with Crippen molar-refractivity contribution in [1.82, 2.24) is 9.78 Å². The van der Waals surface area contributed by atoms with Crippen LogP contribution >= 0.6 is 0 Å². The van der Waals surface area contributed by atoms with Crippen molar-refractivity contribution in [3.8, 4) is 34.2 Å². The Labute approximate surface area is 172 Å². The second-order valence-corrected chi connectivity index (χ2v) is 6.46. The summed E-state index contributed by atoms with van der Waals surface area (Å²) in [6, 6.07) is 10.6. The number of nitrogen functional groups attached to an aromatic ring is 1. The van der Waals surface area contributed by atoms with Crippen LogP contribution in [0.15, 0.2) is 42.6 Å². The molecule has 0 unspecified atom stereocenters. The summed E-state index contributed by atoms with van der Waals surface area (Å²) >= 11 is 0. The van der Waals surface area contributed by atoms with Gasteiger partial charge in [-0.3, -0.25) is 0 Å². The van der Waals surface area contributed by atoms with Gasteiger partial charge in [0.25, 0.3) is 0 Å². The number of fused-ring (bicyclic) bond motifs is 1. The molecule has 1 aliphatic heterocycles. The van der Waals surface area contributed by atoms with Crippen LogP contribution in [0.4, 0.5) is 5.69 Å². The van der Waals surface area contributed by atoms with Crippen molar-refractivity contribution in [3.05, 3.63) is 48.2 Å². The van der Waals surface area contributed by atoms with E-state index in [0.29, 0.717) is 47.5 Å². The number of methoxy groups -OCH3 is 2. The van der Waals surface area contributed by atoms with Gasteiger partial charge in [0.15, 0.2) is 18.3 Å². The topological polar surface area (TPSA) is 107 Å². The number of hydrogen-bond donors (Lipinski definition) is 1. The Balaban J connectivity index is 1.69. The average Bonchev–Trinajstić information content (AvgIpc) is 3.18. The van der Waals surface area contributed by atoms with Crippen LogP contribution in [0.3, 0.4) is 0 Å². The lowest BCUT2D eigenvalue weighted by Gasteiger charge is -2.18. The van der Waals surface area contributed by atoms with Crippen molar-refractivity contribution in [2.75, 3.05) is 40.0 Å². The molecule has 0 radical (unpaired) electrons. The maximum absolute atomic E-state index is 12.0. The van der Waals surface area contributed by atoms with E-state index in [0.717, 1.165) is 5.56 Å².